The summed E-state index contributed by atoms with van der Waals surface area (Å²) >= 11 is 0. The predicted molar refractivity (Wildman–Crippen MR) is 68.9 cm³/mol. The van der Waals surface area contributed by atoms with Crippen LogP contribution in [0.2, 0.25) is 0 Å². The number of likely N-dealkylation sites (N-methyl/N-ethyl adjacent to an activating group) is 1. The number of nitrogens with zero attached hydrogens (tertiary/aromatic N) is 1. The average molecular weight is 273 g/mol. The quantitative estimate of drug-likeness (QED) is 0.745. The van der Waals surface area contributed by atoms with E-state index in [-0.39, 0.29) is 18.6 Å². The van der Waals surface area contributed by atoms with Crippen molar-refractivity contribution in [1.82, 2.24) is 4.90 Å². The molecule has 1 heterocycles. The van der Waals surface area contributed by atoms with E-state index >= 15 is 0 Å². The molecule has 0 aromatic heterocycles. The Balaban J connectivity index is 2.35. The highest BCUT2D eigenvalue weighted by Crippen LogP contribution is 2.13. The summed E-state index contributed by atoms with van der Waals surface area (Å²) in [5.41, 5.74) is 0. The zero-order valence-electron chi connectivity index (χ0n) is 11.6. The molecule has 19 heavy (non-hydrogen) atoms. The Morgan fingerprint density at radius 2 is 2.21 bits per heavy atom. The van der Waals surface area contributed by atoms with Crippen molar-refractivity contribution in [1.29, 1.82) is 0 Å². The van der Waals surface area contributed by atoms with Crippen LogP contribution in [0.4, 0.5) is 0 Å². The van der Waals surface area contributed by atoms with Gasteiger partial charge in [0.1, 0.15) is 12.6 Å². The Bertz CT molecular complexity index is 301. The number of amides is 1. The van der Waals surface area contributed by atoms with Crippen LogP contribution >= 0.6 is 0 Å². The molecule has 2 atom stereocenters. The molecule has 0 radical (unpaired) electrons. The number of rotatable bonds is 7. The van der Waals surface area contributed by atoms with Crippen LogP contribution in [0.3, 0.4) is 0 Å². The zero-order chi connectivity index (χ0) is 14.3. The number of aliphatic carboxylic acids is 1. The van der Waals surface area contributed by atoms with E-state index in [4.69, 9.17) is 14.6 Å². The van der Waals surface area contributed by atoms with Crippen LogP contribution in [0, 0.1) is 0 Å². The highest BCUT2D eigenvalue weighted by atomic mass is 16.5. The van der Waals surface area contributed by atoms with Crippen LogP contribution in [0.15, 0.2) is 0 Å². The Kier molecular flexibility index (Phi) is 6.80. The second-order valence-electron chi connectivity index (χ2n) is 4.71. The van der Waals surface area contributed by atoms with Crippen molar-refractivity contribution in [2.45, 2.75) is 45.3 Å². The Morgan fingerprint density at radius 1 is 1.47 bits per heavy atom. The number of hydrogen-bond acceptors (Lipinski definition) is 4. The lowest BCUT2D eigenvalue weighted by Crippen LogP contribution is -2.42. The lowest BCUT2D eigenvalue weighted by atomic mass is 10.1. The molecule has 1 fully saturated rings. The van der Waals surface area contributed by atoms with Gasteiger partial charge in [-0.3, -0.25) is 9.59 Å². The van der Waals surface area contributed by atoms with E-state index in [1.54, 1.807) is 13.8 Å². The van der Waals surface area contributed by atoms with Crippen molar-refractivity contribution in [2.75, 3.05) is 26.3 Å². The molecule has 0 bridgehead atoms. The van der Waals surface area contributed by atoms with Crippen LogP contribution in [0.25, 0.3) is 0 Å². The molecule has 0 spiro atoms. The van der Waals surface area contributed by atoms with Crippen molar-refractivity contribution in [3.8, 4) is 0 Å². The normalized spacial score (nSPS) is 20.8. The summed E-state index contributed by atoms with van der Waals surface area (Å²) in [7, 11) is 0. The summed E-state index contributed by atoms with van der Waals surface area (Å²) in [6.45, 7) is 4.60. The van der Waals surface area contributed by atoms with Crippen molar-refractivity contribution >= 4 is 11.9 Å². The summed E-state index contributed by atoms with van der Waals surface area (Å²) in [6.07, 6.45) is 2.57. The summed E-state index contributed by atoms with van der Waals surface area (Å²) < 4.78 is 11.0. The Hall–Kier alpha value is -1.14. The maximum absolute atomic E-state index is 12.0. The highest BCUT2D eigenvalue weighted by Gasteiger charge is 2.23. The number of hydrogen-bond donors (Lipinski definition) is 1. The van der Waals surface area contributed by atoms with Gasteiger partial charge < -0.3 is 19.5 Å². The van der Waals surface area contributed by atoms with Crippen LogP contribution < -0.4 is 0 Å². The average Bonchev–Trinajstić information content (AvgIpc) is 2.42. The van der Waals surface area contributed by atoms with Crippen molar-refractivity contribution < 1.29 is 24.2 Å². The van der Waals surface area contributed by atoms with E-state index in [1.165, 1.54) is 4.90 Å². The number of carboxylic acids is 1. The predicted octanol–water partition coefficient (Wildman–Crippen LogP) is 0.894. The standard InChI is InChI=1S/C13H23NO5/c1-3-14(8-12(15)16)13(17)10(2)19-9-11-6-4-5-7-18-11/h10-11H,3-9H2,1-2H3,(H,15,16). The van der Waals surface area contributed by atoms with Crippen molar-refractivity contribution in [3.05, 3.63) is 0 Å². The Labute approximate surface area is 113 Å². The minimum atomic E-state index is -1.02. The summed E-state index contributed by atoms with van der Waals surface area (Å²) in [6, 6.07) is 0. The minimum Gasteiger partial charge on any atom is -0.480 e. The first-order valence-corrected chi connectivity index (χ1v) is 6.78. The fraction of sp³-hybridized carbons (Fsp3) is 0.846. The lowest BCUT2D eigenvalue weighted by molar-refractivity contribution is -0.152. The van der Waals surface area contributed by atoms with Crippen molar-refractivity contribution in [3.63, 3.8) is 0 Å². The second-order valence-corrected chi connectivity index (χ2v) is 4.71. The van der Waals surface area contributed by atoms with E-state index in [0.717, 1.165) is 25.9 Å². The van der Waals surface area contributed by atoms with Gasteiger partial charge in [-0.25, -0.2) is 0 Å². The van der Waals surface area contributed by atoms with E-state index < -0.39 is 12.1 Å². The van der Waals surface area contributed by atoms with E-state index in [2.05, 4.69) is 0 Å². The molecule has 1 rings (SSSR count). The van der Waals surface area contributed by atoms with Gasteiger partial charge in [0.25, 0.3) is 5.91 Å². The third kappa shape index (κ3) is 5.57. The minimum absolute atomic E-state index is 0.0542. The van der Waals surface area contributed by atoms with Crippen LogP contribution in [0.5, 0.6) is 0 Å². The van der Waals surface area contributed by atoms with Crippen LogP contribution in [-0.4, -0.2) is 60.4 Å². The first-order valence-electron chi connectivity index (χ1n) is 6.78. The number of ether oxygens (including phenoxy) is 2. The lowest BCUT2D eigenvalue weighted by Gasteiger charge is -2.26. The molecule has 6 heteroatoms. The van der Waals surface area contributed by atoms with E-state index in [0.29, 0.717) is 13.2 Å². The van der Waals surface area contributed by atoms with E-state index in [1.807, 2.05) is 0 Å². The van der Waals surface area contributed by atoms with Crippen molar-refractivity contribution in [2.24, 2.45) is 0 Å². The highest BCUT2D eigenvalue weighted by molar-refractivity contribution is 5.84. The molecule has 1 N–H and O–H groups in total. The second kappa shape index (κ2) is 8.12. The number of carbonyl (C=O) groups is 2. The Morgan fingerprint density at radius 3 is 2.74 bits per heavy atom. The van der Waals surface area contributed by atoms with Gasteiger partial charge in [0.2, 0.25) is 0 Å². The molecular formula is C13H23NO5. The molecule has 1 amide bonds. The molecule has 0 saturated carbocycles. The van der Waals surface area contributed by atoms with E-state index in [9.17, 15) is 9.59 Å². The largest absolute Gasteiger partial charge is 0.480 e. The molecule has 1 aliphatic rings. The molecule has 1 aliphatic heterocycles. The summed E-state index contributed by atoms with van der Waals surface area (Å²) in [5.74, 6) is -1.31. The van der Waals surface area contributed by atoms with Gasteiger partial charge in [0, 0.05) is 13.2 Å². The molecule has 0 aromatic rings. The summed E-state index contributed by atoms with van der Waals surface area (Å²) in [5, 5.41) is 8.72. The van der Waals surface area contributed by atoms with Gasteiger partial charge in [-0.1, -0.05) is 0 Å². The van der Waals surface area contributed by atoms with Gasteiger partial charge in [-0.15, -0.1) is 0 Å². The molecule has 0 aromatic carbocycles. The smallest absolute Gasteiger partial charge is 0.323 e. The van der Waals surface area contributed by atoms with Gasteiger partial charge in [-0.05, 0) is 33.1 Å². The molecular weight excluding hydrogens is 250 g/mol. The van der Waals surface area contributed by atoms with Crippen LogP contribution in [0.1, 0.15) is 33.1 Å². The number of carbonyl (C=O) groups excluding carboxylic acids is 1. The van der Waals surface area contributed by atoms with Gasteiger partial charge in [0.05, 0.1) is 12.7 Å². The molecule has 0 aliphatic carbocycles. The topological polar surface area (TPSA) is 76.1 Å². The first kappa shape index (κ1) is 15.9. The third-order valence-electron chi connectivity index (χ3n) is 3.17. The maximum atomic E-state index is 12.0. The molecule has 1 saturated heterocycles. The van der Waals surface area contributed by atoms with Gasteiger partial charge in [-0.2, -0.15) is 0 Å². The molecule has 6 nitrogen and oxygen atoms in total. The van der Waals surface area contributed by atoms with Gasteiger partial charge >= 0.3 is 5.97 Å². The van der Waals surface area contributed by atoms with Crippen LogP contribution in [-0.2, 0) is 19.1 Å². The molecule has 110 valence electrons. The zero-order valence-corrected chi connectivity index (χ0v) is 11.6. The number of carboxylic acid groups (broad SMARTS) is 1. The first-order chi connectivity index (χ1) is 9.04. The monoisotopic (exact) mass is 273 g/mol. The summed E-state index contributed by atoms with van der Waals surface area (Å²) in [4.78, 5) is 23.9. The van der Waals surface area contributed by atoms with Gasteiger partial charge in [0.15, 0.2) is 0 Å². The maximum Gasteiger partial charge on any atom is 0.323 e. The fourth-order valence-corrected chi connectivity index (χ4v) is 2.03. The molecule has 2 unspecified atom stereocenters. The third-order valence-corrected chi connectivity index (χ3v) is 3.17. The SMILES string of the molecule is CCN(CC(=O)O)C(=O)C(C)OCC1CCCCO1. The fourth-order valence-electron chi connectivity index (χ4n) is 2.03.